The number of nitriles is 1. The monoisotopic (exact) mass is 181 g/mol. The van der Waals surface area contributed by atoms with E-state index in [-0.39, 0.29) is 0 Å². The van der Waals surface area contributed by atoms with Crippen LogP contribution in [0.5, 0.6) is 0 Å². The normalized spacial score (nSPS) is 9.14. The number of rotatable bonds is 0. The van der Waals surface area contributed by atoms with Gasteiger partial charge in [-0.15, -0.1) is 0 Å². The van der Waals surface area contributed by atoms with E-state index in [1.165, 1.54) is 5.56 Å². The van der Waals surface area contributed by atoms with Crippen LogP contribution in [0.4, 0.5) is 0 Å². The summed E-state index contributed by atoms with van der Waals surface area (Å²) in [5.41, 5.74) is 1.98. The molecule has 0 N–H and O–H groups in total. The fourth-order valence-electron chi connectivity index (χ4n) is 1.31. The highest BCUT2D eigenvalue weighted by Gasteiger charge is 2.00. The van der Waals surface area contributed by atoms with Gasteiger partial charge in [0.05, 0.1) is 0 Å². The van der Waals surface area contributed by atoms with Crippen molar-refractivity contribution in [1.29, 1.82) is 5.26 Å². The zero-order valence-corrected chi connectivity index (χ0v) is 7.66. The largest absolute Gasteiger partial charge is 0.448 e. The Hall–Kier alpha value is -2.19. The minimum Gasteiger partial charge on any atom is -0.448 e. The van der Waals surface area contributed by atoms with E-state index < -0.39 is 0 Å². The lowest BCUT2D eigenvalue weighted by Crippen LogP contribution is -1.67. The third-order valence-electron chi connectivity index (χ3n) is 1.91. The summed E-state index contributed by atoms with van der Waals surface area (Å²) in [6, 6.07) is 9.50. The van der Waals surface area contributed by atoms with Crippen molar-refractivity contribution in [2.75, 3.05) is 0 Å². The van der Waals surface area contributed by atoms with Crippen molar-refractivity contribution in [1.82, 2.24) is 0 Å². The summed E-state index contributed by atoms with van der Waals surface area (Å²) in [5.74, 6) is 5.46. The van der Waals surface area contributed by atoms with Crippen molar-refractivity contribution in [3.8, 4) is 17.9 Å². The first-order chi connectivity index (χ1) is 6.79. The quantitative estimate of drug-likeness (QED) is 0.586. The smallest absolute Gasteiger partial charge is 0.179 e. The third kappa shape index (κ3) is 1.46. The maximum atomic E-state index is 8.28. The van der Waals surface area contributed by atoms with Crippen LogP contribution in [0.1, 0.15) is 11.3 Å². The van der Waals surface area contributed by atoms with Gasteiger partial charge in [-0.25, -0.2) is 0 Å². The molecule has 0 radical (unpaired) electrons. The zero-order chi connectivity index (χ0) is 9.97. The first-order valence-corrected chi connectivity index (χ1v) is 4.20. The summed E-state index contributed by atoms with van der Waals surface area (Å²) in [6.07, 6.45) is 0. The molecule has 2 heteroatoms. The minimum atomic E-state index is 0.534. The van der Waals surface area contributed by atoms with Gasteiger partial charge in [-0.05, 0) is 25.0 Å². The number of hydrogen-bond donors (Lipinski definition) is 0. The van der Waals surface area contributed by atoms with Crippen LogP contribution >= 0.6 is 0 Å². The number of benzene rings is 1. The highest BCUT2D eigenvalue weighted by atomic mass is 16.3. The molecule has 2 rings (SSSR count). The average molecular weight is 181 g/mol. The molecule has 1 heterocycles. The number of hydrogen-bond acceptors (Lipinski definition) is 2. The van der Waals surface area contributed by atoms with E-state index in [1.807, 2.05) is 31.2 Å². The molecule has 0 saturated carbocycles. The molecule has 0 amide bonds. The highest BCUT2D eigenvalue weighted by molar-refractivity contribution is 5.79. The van der Waals surface area contributed by atoms with Crippen molar-refractivity contribution in [3.63, 3.8) is 0 Å². The molecular formula is C12H7NO. The summed E-state index contributed by atoms with van der Waals surface area (Å²) < 4.78 is 5.40. The number of fused-ring (bicyclic) bond motifs is 1. The molecule has 0 fully saturated rings. The molecule has 66 valence electrons. The Balaban J connectivity index is 2.58. The van der Waals surface area contributed by atoms with Crippen LogP contribution in [-0.4, -0.2) is 0 Å². The highest BCUT2D eigenvalue weighted by Crippen LogP contribution is 2.19. The van der Waals surface area contributed by atoms with Gasteiger partial charge in [-0.1, -0.05) is 11.6 Å². The van der Waals surface area contributed by atoms with Crippen molar-refractivity contribution in [3.05, 3.63) is 35.6 Å². The lowest BCUT2D eigenvalue weighted by Gasteiger charge is -1.89. The van der Waals surface area contributed by atoms with Gasteiger partial charge >= 0.3 is 0 Å². The van der Waals surface area contributed by atoms with E-state index in [1.54, 1.807) is 6.07 Å². The van der Waals surface area contributed by atoms with Gasteiger partial charge in [0.1, 0.15) is 5.58 Å². The molecule has 0 aliphatic carbocycles. The molecule has 0 saturated heterocycles. The van der Waals surface area contributed by atoms with E-state index in [9.17, 15) is 0 Å². The summed E-state index contributed by atoms with van der Waals surface area (Å²) in [6.45, 7) is 2.02. The van der Waals surface area contributed by atoms with Gasteiger partial charge in [-0.3, -0.25) is 0 Å². The van der Waals surface area contributed by atoms with Gasteiger partial charge in [0.15, 0.2) is 11.8 Å². The summed E-state index contributed by atoms with van der Waals surface area (Å²) in [5, 5.41) is 9.30. The van der Waals surface area contributed by atoms with Crippen LogP contribution in [0.3, 0.4) is 0 Å². The second-order valence-electron chi connectivity index (χ2n) is 3.01. The predicted octanol–water partition coefficient (Wildman–Crippen LogP) is 2.62. The van der Waals surface area contributed by atoms with Gasteiger partial charge in [0.2, 0.25) is 0 Å². The minimum absolute atomic E-state index is 0.534. The Labute approximate surface area is 81.8 Å². The van der Waals surface area contributed by atoms with E-state index in [0.717, 1.165) is 11.0 Å². The first kappa shape index (κ1) is 8.41. The van der Waals surface area contributed by atoms with E-state index in [4.69, 9.17) is 9.68 Å². The van der Waals surface area contributed by atoms with Gasteiger partial charge < -0.3 is 4.42 Å². The number of aryl methyl sites for hydroxylation is 1. The van der Waals surface area contributed by atoms with Crippen LogP contribution in [0.2, 0.25) is 0 Å². The molecule has 1 aromatic heterocycles. The van der Waals surface area contributed by atoms with Gasteiger partial charge in [0.25, 0.3) is 0 Å². The molecule has 14 heavy (non-hydrogen) atoms. The maximum absolute atomic E-state index is 8.28. The zero-order valence-electron chi connectivity index (χ0n) is 7.66. The molecule has 0 unspecified atom stereocenters. The Kier molecular flexibility index (Phi) is 1.97. The Morgan fingerprint density at radius 2 is 2.14 bits per heavy atom. The Morgan fingerprint density at radius 3 is 2.93 bits per heavy atom. The molecule has 0 atom stereocenters. The van der Waals surface area contributed by atoms with E-state index in [2.05, 4.69) is 11.8 Å². The SMILES string of the molecule is Cc1ccc2oc(C#CC#N)cc2c1. The fraction of sp³-hybridized carbons (Fsp3) is 0.0833. The molecular weight excluding hydrogens is 174 g/mol. The molecule has 1 aromatic carbocycles. The van der Waals surface area contributed by atoms with E-state index in [0.29, 0.717) is 5.76 Å². The molecule has 0 spiro atoms. The Bertz CT molecular complexity index is 576. The third-order valence-corrected chi connectivity index (χ3v) is 1.91. The molecule has 2 nitrogen and oxygen atoms in total. The van der Waals surface area contributed by atoms with Crippen molar-refractivity contribution < 1.29 is 4.42 Å². The summed E-state index contributed by atoms with van der Waals surface area (Å²) >= 11 is 0. The van der Waals surface area contributed by atoms with Crippen LogP contribution in [-0.2, 0) is 0 Å². The van der Waals surface area contributed by atoms with Gasteiger partial charge in [0, 0.05) is 17.4 Å². The van der Waals surface area contributed by atoms with Crippen molar-refractivity contribution in [2.24, 2.45) is 0 Å². The lowest BCUT2D eigenvalue weighted by atomic mass is 10.2. The molecule has 2 aromatic rings. The second-order valence-corrected chi connectivity index (χ2v) is 3.01. The molecule has 0 bridgehead atoms. The lowest BCUT2D eigenvalue weighted by molar-refractivity contribution is 0.601. The van der Waals surface area contributed by atoms with Gasteiger partial charge in [-0.2, -0.15) is 5.26 Å². The van der Waals surface area contributed by atoms with Crippen LogP contribution in [0.25, 0.3) is 11.0 Å². The van der Waals surface area contributed by atoms with Crippen LogP contribution in [0.15, 0.2) is 28.7 Å². The topological polar surface area (TPSA) is 36.9 Å². The van der Waals surface area contributed by atoms with E-state index >= 15 is 0 Å². The van der Waals surface area contributed by atoms with Crippen LogP contribution < -0.4 is 0 Å². The molecule has 0 aliphatic rings. The standard InChI is InChI=1S/C12H7NO/c1-9-4-5-12-10(7-9)8-11(14-12)3-2-6-13/h4-5,7-8H,1H3. The first-order valence-electron chi connectivity index (χ1n) is 4.20. The predicted molar refractivity (Wildman–Crippen MR) is 53.4 cm³/mol. The summed E-state index contributed by atoms with van der Waals surface area (Å²) in [4.78, 5) is 0. The number of nitrogens with zero attached hydrogens (tertiary/aromatic N) is 1. The average Bonchev–Trinajstić information content (AvgIpc) is 2.56. The Morgan fingerprint density at radius 1 is 1.29 bits per heavy atom. The maximum Gasteiger partial charge on any atom is 0.179 e. The fourth-order valence-corrected chi connectivity index (χ4v) is 1.31. The molecule has 0 aliphatic heterocycles. The van der Waals surface area contributed by atoms with Crippen molar-refractivity contribution >= 4 is 11.0 Å². The van der Waals surface area contributed by atoms with Crippen molar-refractivity contribution in [2.45, 2.75) is 6.92 Å². The number of furan rings is 1. The van der Waals surface area contributed by atoms with Crippen LogP contribution in [0, 0.1) is 30.1 Å². The second kappa shape index (κ2) is 3.28. The summed E-state index contributed by atoms with van der Waals surface area (Å²) in [7, 11) is 0.